The molecular formula is C45H55N7O7. The number of carbonyl (C=O) groups is 5. The van der Waals surface area contributed by atoms with E-state index in [1.807, 2.05) is 50.8 Å². The molecule has 312 valence electrons. The zero-order valence-corrected chi connectivity index (χ0v) is 35.1. The van der Waals surface area contributed by atoms with Crippen molar-refractivity contribution < 1.29 is 33.4 Å². The van der Waals surface area contributed by atoms with Gasteiger partial charge in [-0.15, -0.1) is 0 Å². The van der Waals surface area contributed by atoms with Gasteiger partial charge < -0.3 is 40.2 Å². The number of imidazole rings is 1. The average molecular weight is 806 g/mol. The molecule has 4 aromatic rings. The summed E-state index contributed by atoms with van der Waals surface area (Å²) in [7, 11) is 2.54. The molecule has 2 fully saturated rings. The SMILES string of the molecule is COC(=O)N[C@H](C(=O)N1CCC[C@H]1C(=O)Nc1ccc2c(c1)C(C)(C)c1cc(-c3ccc4nc([C@@H]5CCCN5C(=O)[C@@H](NC(=O)OC)C(C)C)[nH]c4c3)ccc1-2)C(C)C. The molecule has 3 aromatic carbocycles. The minimum Gasteiger partial charge on any atom is -0.453 e. The Balaban J connectivity index is 1.08. The van der Waals surface area contributed by atoms with Crippen LogP contribution < -0.4 is 16.0 Å². The van der Waals surface area contributed by atoms with E-state index in [4.69, 9.17) is 14.5 Å². The van der Waals surface area contributed by atoms with Crippen LogP contribution >= 0.6 is 0 Å². The molecule has 5 amide bonds. The van der Waals surface area contributed by atoms with E-state index in [2.05, 4.69) is 71.2 Å². The van der Waals surface area contributed by atoms with Gasteiger partial charge in [-0.3, -0.25) is 14.4 Å². The summed E-state index contributed by atoms with van der Waals surface area (Å²) in [5.41, 5.74) is 8.53. The van der Waals surface area contributed by atoms with E-state index >= 15 is 0 Å². The molecule has 0 radical (unpaired) electrons. The predicted molar refractivity (Wildman–Crippen MR) is 224 cm³/mol. The summed E-state index contributed by atoms with van der Waals surface area (Å²) in [5.74, 6) is -0.295. The maximum Gasteiger partial charge on any atom is 0.407 e. The number of nitrogens with zero attached hydrogens (tertiary/aromatic N) is 3. The molecule has 0 bridgehead atoms. The number of fused-ring (bicyclic) bond motifs is 4. The monoisotopic (exact) mass is 805 g/mol. The first-order chi connectivity index (χ1) is 28.1. The minimum atomic E-state index is -0.805. The first kappa shape index (κ1) is 41.2. The molecule has 2 aliphatic heterocycles. The van der Waals surface area contributed by atoms with Crippen molar-refractivity contribution in [2.24, 2.45) is 11.8 Å². The van der Waals surface area contributed by atoms with Gasteiger partial charge in [-0.05, 0) is 101 Å². The van der Waals surface area contributed by atoms with Crippen LogP contribution in [0.2, 0.25) is 0 Å². The van der Waals surface area contributed by atoms with E-state index in [0.717, 1.165) is 57.5 Å². The molecule has 1 aromatic heterocycles. The summed E-state index contributed by atoms with van der Waals surface area (Å²) >= 11 is 0. The van der Waals surface area contributed by atoms with Crippen molar-refractivity contribution in [1.29, 1.82) is 0 Å². The molecule has 0 spiro atoms. The molecule has 0 unspecified atom stereocenters. The lowest BCUT2D eigenvalue weighted by atomic mass is 9.81. The van der Waals surface area contributed by atoms with Gasteiger partial charge in [0.05, 0.1) is 31.3 Å². The van der Waals surface area contributed by atoms with E-state index in [1.54, 1.807) is 4.90 Å². The molecule has 3 aliphatic rings. The van der Waals surface area contributed by atoms with Crippen LogP contribution in [0.1, 0.15) is 90.2 Å². The number of hydrogen-bond acceptors (Lipinski definition) is 8. The van der Waals surface area contributed by atoms with Gasteiger partial charge in [0.25, 0.3) is 0 Å². The second-order valence-corrected chi connectivity index (χ2v) is 17.1. The zero-order chi connectivity index (χ0) is 42.3. The van der Waals surface area contributed by atoms with Crippen molar-refractivity contribution in [3.8, 4) is 22.3 Å². The number of nitrogens with one attached hydrogen (secondary N) is 4. The number of ether oxygens (including phenoxy) is 2. The van der Waals surface area contributed by atoms with Crippen LogP contribution in [-0.2, 0) is 29.3 Å². The molecule has 14 nitrogen and oxygen atoms in total. The van der Waals surface area contributed by atoms with Crippen molar-refractivity contribution >= 4 is 46.6 Å². The van der Waals surface area contributed by atoms with E-state index in [9.17, 15) is 24.0 Å². The number of rotatable bonds is 10. The number of H-pyrrole nitrogens is 1. The number of aromatic nitrogens is 2. The van der Waals surface area contributed by atoms with Crippen LogP contribution in [0, 0.1) is 11.8 Å². The highest BCUT2D eigenvalue weighted by Crippen LogP contribution is 2.50. The molecule has 14 heteroatoms. The Bertz CT molecular complexity index is 2300. The van der Waals surface area contributed by atoms with Gasteiger partial charge in [-0.2, -0.15) is 0 Å². The fourth-order valence-corrected chi connectivity index (χ4v) is 8.96. The van der Waals surface area contributed by atoms with E-state index in [1.165, 1.54) is 19.8 Å². The first-order valence-corrected chi connectivity index (χ1v) is 20.5. The van der Waals surface area contributed by atoms with Crippen LogP contribution in [0.5, 0.6) is 0 Å². The van der Waals surface area contributed by atoms with Crippen molar-refractivity contribution in [3.63, 3.8) is 0 Å². The largest absolute Gasteiger partial charge is 0.453 e. The van der Waals surface area contributed by atoms with Gasteiger partial charge in [0.1, 0.15) is 23.9 Å². The number of anilines is 1. The number of benzene rings is 3. The van der Waals surface area contributed by atoms with Crippen LogP contribution in [0.4, 0.5) is 15.3 Å². The second kappa shape index (κ2) is 16.4. The van der Waals surface area contributed by atoms with Crippen molar-refractivity contribution in [3.05, 3.63) is 71.5 Å². The van der Waals surface area contributed by atoms with Crippen molar-refractivity contribution in [2.45, 2.75) is 96.8 Å². The highest BCUT2D eigenvalue weighted by Gasteiger charge is 2.41. The molecule has 3 heterocycles. The van der Waals surface area contributed by atoms with E-state index < -0.39 is 30.3 Å². The number of aromatic amines is 1. The van der Waals surface area contributed by atoms with Crippen LogP contribution in [0.3, 0.4) is 0 Å². The standard InChI is InChI=1S/C45H55N7O7/c1-24(2)37(49-43(56)58-7)41(54)51-19-9-11-35(51)39-47-33-18-14-27(22-34(33)48-39)26-13-16-29-30-17-15-28(23-32(30)45(5,6)31(29)21-26)46-40(53)36-12-10-20-52(36)42(55)38(25(3)4)50-44(57)59-8/h13-18,21-25,35-38H,9-12,19-20H2,1-8H3,(H,46,53)(H,47,48)(H,49,56)(H,50,57)/t35-,36-,37-,38-/m0/s1. The Morgan fingerprint density at radius 3 is 1.95 bits per heavy atom. The molecule has 4 atom stereocenters. The fourth-order valence-electron chi connectivity index (χ4n) is 8.96. The smallest absolute Gasteiger partial charge is 0.407 e. The van der Waals surface area contributed by atoms with Crippen LogP contribution in [0.15, 0.2) is 54.6 Å². The number of hydrogen-bond donors (Lipinski definition) is 4. The Labute approximate surface area is 344 Å². The average Bonchev–Trinajstić information content (AvgIpc) is 4.03. The minimum absolute atomic E-state index is 0.122. The number of amides is 5. The Morgan fingerprint density at radius 2 is 1.31 bits per heavy atom. The number of likely N-dealkylation sites (tertiary alicyclic amines) is 2. The molecule has 1 aliphatic carbocycles. The molecular weight excluding hydrogens is 751 g/mol. The topological polar surface area (TPSA) is 175 Å². The lowest BCUT2D eigenvalue weighted by Crippen LogP contribution is -2.54. The summed E-state index contributed by atoms with van der Waals surface area (Å²) < 4.78 is 9.52. The van der Waals surface area contributed by atoms with Gasteiger partial charge >= 0.3 is 12.2 Å². The first-order valence-electron chi connectivity index (χ1n) is 20.5. The molecule has 0 saturated carbocycles. The Hall–Kier alpha value is -5.92. The van der Waals surface area contributed by atoms with E-state index in [-0.39, 0.29) is 41.0 Å². The number of methoxy groups -OCH3 is 2. The lowest BCUT2D eigenvalue weighted by Gasteiger charge is -2.30. The summed E-state index contributed by atoms with van der Waals surface area (Å²) in [4.78, 5) is 76.8. The Morgan fingerprint density at radius 1 is 0.746 bits per heavy atom. The summed E-state index contributed by atoms with van der Waals surface area (Å²) in [6.07, 6.45) is 1.50. The molecule has 59 heavy (non-hydrogen) atoms. The highest BCUT2D eigenvalue weighted by atomic mass is 16.5. The molecule has 2 saturated heterocycles. The quantitative estimate of drug-likeness (QED) is 0.134. The fraction of sp³-hybridized carbons (Fsp3) is 0.467. The normalized spacial score (nSPS) is 19.0. The van der Waals surface area contributed by atoms with Gasteiger partial charge in [-0.1, -0.05) is 65.8 Å². The Kier molecular flexibility index (Phi) is 11.5. The van der Waals surface area contributed by atoms with Crippen LogP contribution in [-0.4, -0.2) is 95.1 Å². The maximum atomic E-state index is 13.7. The number of carbonyl (C=O) groups excluding carboxylic acids is 5. The second-order valence-electron chi connectivity index (χ2n) is 17.1. The molecule has 7 rings (SSSR count). The maximum absolute atomic E-state index is 13.7. The lowest BCUT2D eigenvalue weighted by molar-refractivity contribution is -0.139. The van der Waals surface area contributed by atoms with E-state index in [0.29, 0.717) is 31.6 Å². The summed E-state index contributed by atoms with van der Waals surface area (Å²) in [5, 5.41) is 8.43. The van der Waals surface area contributed by atoms with Gasteiger partial charge in [0.2, 0.25) is 17.7 Å². The summed E-state index contributed by atoms with van der Waals surface area (Å²) in [6, 6.07) is 16.3. The zero-order valence-electron chi connectivity index (χ0n) is 35.1. The van der Waals surface area contributed by atoms with Crippen LogP contribution in [0.25, 0.3) is 33.3 Å². The third-order valence-corrected chi connectivity index (χ3v) is 12.3. The third kappa shape index (κ3) is 7.84. The van der Waals surface area contributed by atoms with Gasteiger partial charge in [0, 0.05) is 24.2 Å². The summed E-state index contributed by atoms with van der Waals surface area (Å²) in [6.45, 7) is 12.9. The van der Waals surface area contributed by atoms with Gasteiger partial charge in [0.15, 0.2) is 0 Å². The molecule has 4 N–H and O–H groups in total. The highest BCUT2D eigenvalue weighted by molar-refractivity contribution is 5.99. The third-order valence-electron chi connectivity index (χ3n) is 12.3. The predicted octanol–water partition coefficient (Wildman–Crippen LogP) is 6.89. The van der Waals surface area contributed by atoms with Gasteiger partial charge in [-0.25, -0.2) is 14.6 Å². The van der Waals surface area contributed by atoms with Crippen molar-refractivity contribution in [2.75, 3.05) is 32.6 Å². The van der Waals surface area contributed by atoms with Crippen molar-refractivity contribution in [1.82, 2.24) is 30.4 Å². The number of alkyl carbamates (subject to hydrolysis) is 2.